The predicted molar refractivity (Wildman–Crippen MR) is 109 cm³/mol. The Bertz CT molecular complexity index is 1120. The molecule has 2 aliphatic heterocycles. The summed E-state index contributed by atoms with van der Waals surface area (Å²) in [4.78, 5) is 26.7. The zero-order valence-corrected chi connectivity index (χ0v) is 17.1. The zero-order valence-electron chi connectivity index (χ0n) is 15.5. The van der Waals surface area contributed by atoms with Crippen molar-refractivity contribution < 1.29 is 18.1 Å². The van der Waals surface area contributed by atoms with Gasteiger partial charge in [-0.1, -0.05) is 29.8 Å². The van der Waals surface area contributed by atoms with Crippen LogP contribution in [0, 0.1) is 17.0 Å². The molecular formula is C19H18ClN3O5S. The molecule has 8 nitrogen and oxygen atoms in total. The molecule has 2 aromatic carbocycles. The highest BCUT2D eigenvalue weighted by Gasteiger charge is 2.53. The number of amides is 2. The number of nitro groups is 1. The van der Waals surface area contributed by atoms with Crippen LogP contribution in [0.4, 0.5) is 16.2 Å². The fourth-order valence-corrected chi connectivity index (χ4v) is 6.09. The van der Waals surface area contributed by atoms with E-state index in [1.807, 2.05) is 6.92 Å². The van der Waals surface area contributed by atoms with Gasteiger partial charge in [0.2, 0.25) is 0 Å². The van der Waals surface area contributed by atoms with Gasteiger partial charge >= 0.3 is 6.03 Å². The highest BCUT2D eigenvalue weighted by molar-refractivity contribution is 7.91. The Morgan fingerprint density at radius 1 is 1.17 bits per heavy atom. The summed E-state index contributed by atoms with van der Waals surface area (Å²) in [5.41, 5.74) is 1.89. The third-order valence-corrected chi connectivity index (χ3v) is 7.49. The number of halogens is 1. The van der Waals surface area contributed by atoms with Crippen molar-refractivity contribution in [2.24, 2.45) is 0 Å². The van der Waals surface area contributed by atoms with Gasteiger partial charge < -0.3 is 4.90 Å². The second kappa shape index (κ2) is 7.00. The van der Waals surface area contributed by atoms with E-state index in [0.29, 0.717) is 16.3 Å². The van der Waals surface area contributed by atoms with Crippen molar-refractivity contribution >= 4 is 38.8 Å². The molecule has 29 heavy (non-hydrogen) atoms. The molecular weight excluding hydrogens is 418 g/mol. The Hall–Kier alpha value is -2.65. The monoisotopic (exact) mass is 435 g/mol. The molecule has 2 heterocycles. The summed E-state index contributed by atoms with van der Waals surface area (Å²) in [5, 5.41) is 11.5. The van der Waals surface area contributed by atoms with Crippen molar-refractivity contribution in [3.05, 3.63) is 68.7 Å². The summed E-state index contributed by atoms with van der Waals surface area (Å²) < 4.78 is 24.6. The number of nitro benzene ring substituents is 1. The highest BCUT2D eigenvalue weighted by atomic mass is 35.5. The summed E-state index contributed by atoms with van der Waals surface area (Å²) in [6.07, 6.45) is 0. The molecule has 152 valence electrons. The lowest BCUT2D eigenvalue weighted by molar-refractivity contribution is -0.384. The number of carbonyl (C=O) groups is 1. The average Bonchev–Trinajstić information content (AvgIpc) is 3.08. The number of nitrogens with zero attached hydrogens (tertiary/aromatic N) is 3. The number of anilines is 1. The number of sulfone groups is 1. The number of fused-ring (bicyclic) bond motifs is 1. The topological polar surface area (TPSA) is 101 Å². The van der Waals surface area contributed by atoms with Gasteiger partial charge in [-0.15, -0.1) is 0 Å². The molecule has 0 bridgehead atoms. The molecule has 2 amide bonds. The summed E-state index contributed by atoms with van der Waals surface area (Å²) in [5.74, 6) is -0.255. The number of non-ortho nitro benzene ring substituents is 1. The van der Waals surface area contributed by atoms with Crippen molar-refractivity contribution in [1.29, 1.82) is 0 Å². The summed E-state index contributed by atoms with van der Waals surface area (Å²) >= 11 is 6.22. The van der Waals surface area contributed by atoms with Gasteiger partial charge in [0.05, 0.1) is 28.5 Å². The molecule has 0 aliphatic carbocycles. The molecule has 2 saturated heterocycles. The van der Waals surface area contributed by atoms with Gasteiger partial charge in [0, 0.05) is 29.4 Å². The smallest absolute Gasteiger partial charge is 0.314 e. The molecule has 0 radical (unpaired) electrons. The van der Waals surface area contributed by atoms with Crippen LogP contribution in [-0.2, 0) is 16.4 Å². The number of benzene rings is 2. The third-order valence-electron chi connectivity index (χ3n) is 5.39. The molecule has 2 atom stereocenters. The van der Waals surface area contributed by atoms with Gasteiger partial charge in [0.15, 0.2) is 9.84 Å². The van der Waals surface area contributed by atoms with E-state index in [4.69, 9.17) is 11.6 Å². The molecule has 2 aliphatic rings. The molecule has 0 saturated carbocycles. The average molecular weight is 436 g/mol. The predicted octanol–water partition coefficient (Wildman–Crippen LogP) is 3.16. The van der Waals surface area contributed by atoms with Crippen molar-refractivity contribution in [1.82, 2.24) is 4.90 Å². The molecule has 10 heteroatoms. The number of hydrogen-bond donors (Lipinski definition) is 0. The lowest BCUT2D eigenvalue weighted by atomic mass is 10.1. The second-order valence-corrected chi connectivity index (χ2v) is 9.91. The normalized spacial score (nSPS) is 22.8. The van der Waals surface area contributed by atoms with Crippen molar-refractivity contribution in [2.75, 3.05) is 16.4 Å². The fraction of sp³-hybridized carbons (Fsp3) is 0.316. The molecule has 4 rings (SSSR count). The van der Waals surface area contributed by atoms with Crippen LogP contribution in [0.1, 0.15) is 11.1 Å². The number of aryl methyl sites for hydroxylation is 1. The maximum Gasteiger partial charge on any atom is 0.325 e. The standard InChI is InChI=1S/C19H18ClN3O5S/c1-12-5-6-14(8-16(12)20)22-18-11-29(27,28)10-17(18)21(19(22)24)9-13-3-2-4-15(7-13)23(25)26/h2-8,17-18H,9-11H2,1H3/t17-,18-/m1/s1. The van der Waals surface area contributed by atoms with Crippen molar-refractivity contribution in [3.8, 4) is 0 Å². The van der Waals surface area contributed by atoms with E-state index in [1.54, 1.807) is 30.3 Å². The van der Waals surface area contributed by atoms with Crippen molar-refractivity contribution in [3.63, 3.8) is 0 Å². The first-order chi connectivity index (χ1) is 13.7. The maximum absolute atomic E-state index is 13.2. The molecule has 2 aromatic rings. The molecule has 2 fully saturated rings. The van der Waals surface area contributed by atoms with E-state index >= 15 is 0 Å². The third kappa shape index (κ3) is 3.56. The molecule has 0 unspecified atom stereocenters. The quantitative estimate of drug-likeness (QED) is 0.417. The lowest BCUT2D eigenvalue weighted by Crippen LogP contribution is -2.37. The number of hydrogen-bond acceptors (Lipinski definition) is 5. The minimum atomic E-state index is -3.31. The number of urea groups is 1. The zero-order chi connectivity index (χ0) is 20.9. The number of rotatable bonds is 4. The maximum atomic E-state index is 13.2. The fourth-order valence-electron chi connectivity index (χ4n) is 3.96. The van der Waals surface area contributed by atoms with Gasteiger partial charge in [-0.05, 0) is 30.2 Å². The van der Waals surface area contributed by atoms with Gasteiger partial charge in [0.1, 0.15) is 0 Å². The van der Waals surface area contributed by atoms with Crippen LogP contribution in [0.25, 0.3) is 0 Å². The second-order valence-electron chi connectivity index (χ2n) is 7.35. The van der Waals surface area contributed by atoms with Crippen LogP contribution in [0.5, 0.6) is 0 Å². The molecule has 0 spiro atoms. The van der Waals surface area contributed by atoms with E-state index in [2.05, 4.69) is 0 Å². The van der Waals surface area contributed by atoms with Crippen LogP contribution in [0.3, 0.4) is 0 Å². The SMILES string of the molecule is Cc1ccc(N2C(=O)N(Cc3cccc([N+](=O)[O-])c3)[C@@H]3CS(=O)(=O)C[C@H]32)cc1Cl. The Kier molecular flexibility index (Phi) is 4.74. The van der Waals surface area contributed by atoms with Crippen molar-refractivity contribution in [2.45, 2.75) is 25.6 Å². The van der Waals surface area contributed by atoms with E-state index < -0.39 is 26.8 Å². The number of carbonyl (C=O) groups excluding carboxylic acids is 1. The van der Waals surface area contributed by atoms with E-state index in [0.717, 1.165) is 5.56 Å². The van der Waals surface area contributed by atoms with Gasteiger partial charge in [0.25, 0.3) is 5.69 Å². The Labute approximate surface area is 172 Å². The van der Waals surface area contributed by atoms with E-state index in [-0.39, 0.29) is 29.8 Å². The van der Waals surface area contributed by atoms with Crippen LogP contribution >= 0.6 is 11.6 Å². The minimum Gasteiger partial charge on any atom is -0.314 e. The van der Waals surface area contributed by atoms with Crippen LogP contribution < -0.4 is 4.90 Å². The molecule has 0 N–H and O–H groups in total. The van der Waals surface area contributed by atoms with Crippen LogP contribution in [0.2, 0.25) is 5.02 Å². The first-order valence-electron chi connectivity index (χ1n) is 8.96. The largest absolute Gasteiger partial charge is 0.325 e. The summed E-state index contributed by atoms with van der Waals surface area (Å²) in [6, 6.07) is 9.82. The first-order valence-corrected chi connectivity index (χ1v) is 11.2. The Balaban J connectivity index is 1.71. The minimum absolute atomic E-state index is 0.0769. The molecule has 0 aromatic heterocycles. The lowest BCUT2D eigenvalue weighted by Gasteiger charge is -2.23. The van der Waals surface area contributed by atoms with Gasteiger partial charge in [-0.25, -0.2) is 13.2 Å². The van der Waals surface area contributed by atoms with Crippen LogP contribution in [0.15, 0.2) is 42.5 Å². The van der Waals surface area contributed by atoms with Gasteiger partial charge in [-0.3, -0.25) is 15.0 Å². The highest BCUT2D eigenvalue weighted by Crippen LogP contribution is 2.37. The van der Waals surface area contributed by atoms with Gasteiger partial charge in [-0.2, -0.15) is 0 Å². The van der Waals surface area contributed by atoms with E-state index in [9.17, 15) is 23.3 Å². The van der Waals surface area contributed by atoms with E-state index in [1.165, 1.54) is 21.9 Å². The first kappa shape index (κ1) is 19.7. The Morgan fingerprint density at radius 3 is 2.59 bits per heavy atom. The van der Waals surface area contributed by atoms with Crippen LogP contribution in [-0.4, -0.2) is 47.9 Å². The summed E-state index contributed by atoms with van der Waals surface area (Å²) in [7, 11) is -3.31. The Morgan fingerprint density at radius 2 is 1.90 bits per heavy atom. The summed E-state index contributed by atoms with van der Waals surface area (Å²) in [6.45, 7) is 1.93.